The lowest BCUT2D eigenvalue weighted by atomic mass is 9.61. The Balaban J connectivity index is 1.54. The number of pyridine rings is 1. The van der Waals surface area contributed by atoms with E-state index < -0.39 is 23.5 Å². The maximum Gasteiger partial charge on any atom is 0.308 e. The molecule has 3 heterocycles. The number of hydrogen-bond donors (Lipinski definition) is 2. The van der Waals surface area contributed by atoms with Crippen molar-refractivity contribution in [3.63, 3.8) is 0 Å². The minimum absolute atomic E-state index is 0.0267. The zero-order valence-electron chi connectivity index (χ0n) is 16.1. The van der Waals surface area contributed by atoms with Crippen molar-refractivity contribution in [3.8, 4) is 11.4 Å². The molecule has 3 aliphatic rings. The molecule has 3 aliphatic carbocycles. The van der Waals surface area contributed by atoms with Gasteiger partial charge in [0.2, 0.25) is 0 Å². The Morgan fingerprint density at radius 3 is 2.65 bits per heavy atom. The lowest BCUT2D eigenvalue weighted by molar-refractivity contribution is -0.148. The van der Waals surface area contributed by atoms with Crippen molar-refractivity contribution >= 4 is 53.1 Å². The van der Waals surface area contributed by atoms with Crippen LogP contribution in [0.1, 0.15) is 25.7 Å². The second-order valence-electron chi connectivity index (χ2n) is 8.06. The van der Waals surface area contributed by atoms with Crippen LogP contribution in [-0.4, -0.2) is 36.0 Å². The fourth-order valence-corrected chi connectivity index (χ4v) is 6.31. The number of anilines is 1. The molecule has 6 rings (SSSR count). The van der Waals surface area contributed by atoms with E-state index in [0.717, 1.165) is 38.1 Å². The quantitative estimate of drug-likeness (QED) is 0.431. The monoisotopic (exact) mass is 557 g/mol. The zero-order valence-corrected chi connectivity index (χ0v) is 19.1. The molecule has 2 atom stereocenters. The molecule has 3 aromatic rings. The largest absolute Gasteiger partial charge is 0.481 e. The predicted octanol–water partition coefficient (Wildman–Crippen LogP) is 4.92. The van der Waals surface area contributed by atoms with Crippen LogP contribution in [0.15, 0.2) is 24.7 Å². The highest BCUT2D eigenvalue weighted by atomic mass is 127. The molecule has 2 bridgehead atoms. The Bertz CT molecular complexity index is 1170. The number of nitrogens with zero attached hydrogens (tertiary/aromatic N) is 4. The van der Waals surface area contributed by atoms with E-state index in [0.29, 0.717) is 16.6 Å². The fourth-order valence-electron chi connectivity index (χ4n) is 5.05. The normalized spacial score (nSPS) is 25.1. The third kappa shape index (κ3) is 3.65. The van der Waals surface area contributed by atoms with Crippen molar-refractivity contribution in [2.75, 3.05) is 5.32 Å². The van der Waals surface area contributed by atoms with E-state index in [4.69, 9.17) is 0 Å². The van der Waals surface area contributed by atoms with Crippen LogP contribution in [0.25, 0.3) is 22.4 Å². The summed E-state index contributed by atoms with van der Waals surface area (Å²) < 4.78 is 30.3. The van der Waals surface area contributed by atoms with Crippen molar-refractivity contribution in [3.05, 3.63) is 36.3 Å². The highest BCUT2D eigenvalue weighted by Crippen LogP contribution is 2.46. The molecule has 0 amide bonds. The second kappa shape index (κ2) is 8.15. The van der Waals surface area contributed by atoms with E-state index in [1.165, 1.54) is 15.2 Å². The average molecular weight is 557 g/mol. The van der Waals surface area contributed by atoms with E-state index in [2.05, 4.69) is 41.5 Å². The maximum absolute atomic E-state index is 14.6. The van der Waals surface area contributed by atoms with Crippen molar-refractivity contribution in [2.24, 2.45) is 17.8 Å². The highest BCUT2D eigenvalue weighted by molar-refractivity contribution is 14.2. The van der Waals surface area contributed by atoms with Crippen LogP contribution >= 0.6 is 30.3 Å². The van der Waals surface area contributed by atoms with Crippen LogP contribution in [0, 0.1) is 29.4 Å². The first-order chi connectivity index (χ1) is 15.0. The number of aliphatic carboxylic acids is 1. The topological polar surface area (TPSA) is 92.9 Å². The number of nitrogens with one attached hydrogen (secondary N) is 1. The van der Waals surface area contributed by atoms with E-state index in [1.807, 2.05) is 0 Å². The van der Waals surface area contributed by atoms with Crippen LogP contribution in [0.3, 0.4) is 0 Å². The molecule has 7 nitrogen and oxygen atoms in total. The smallest absolute Gasteiger partial charge is 0.308 e. The van der Waals surface area contributed by atoms with Gasteiger partial charge in [-0.25, -0.2) is 23.7 Å². The standard InChI is InChI=1S/C20H18F2IN5O2S/c21-11-5-12-13(8-28(31-23)19(12)25-6-11)17-24-7-14(22)18(27-17)26-16-10-3-1-9(2-4-10)15(16)20(29)30/h5-10,15-16H,1-4H2,(H,29,30)(H,24,26,27)/t9?,10?,15-,16-/m0/s1. The van der Waals surface area contributed by atoms with Gasteiger partial charge in [0.15, 0.2) is 23.1 Å². The van der Waals surface area contributed by atoms with Crippen LogP contribution in [0.2, 0.25) is 0 Å². The SMILES string of the molecule is O=C(O)[C@H]1C2CCC(CC2)[C@@H]1Nc1nc(-c2cn(SI)c3ncc(F)cc23)ncc1F. The molecule has 3 saturated carbocycles. The summed E-state index contributed by atoms with van der Waals surface area (Å²) >= 11 is 2.09. The molecule has 11 heteroatoms. The maximum atomic E-state index is 14.6. The van der Waals surface area contributed by atoms with Crippen molar-refractivity contribution < 1.29 is 18.7 Å². The summed E-state index contributed by atoms with van der Waals surface area (Å²) in [7, 11) is 1.36. The zero-order chi connectivity index (χ0) is 21.7. The molecule has 0 radical (unpaired) electrons. The summed E-state index contributed by atoms with van der Waals surface area (Å²) in [5.74, 6) is -2.11. The van der Waals surface area contributed by atoms with E-state index >= 15 is 0 Å². The van der Waals surface area contributed by atoms with Gasteiger partial charge in [0, 0.05) is 53.5 Å². The molecule has 0 aliphatic heterocycles. The molecule has 162 valence electrons. The van der Waals surface area contributed by atoms with Gasteiger partial charge in [-0.2, -0.15) is 0 Å². The van der Waals surface area contributed by atoms with E-state index in [9.17, 15) is 18.7 Å². The fraction of sp³-hybridized carbons (Fsp3) is 0.400. The molecule has 2 N–H and O–H groups in total. The van der Waals surface area contributed by atoms with Crippen LogP contribution in [0.5, 0.6) is 0 Å². The third-order valence-electron chi connectivity index (χ3n) is 6.45. The lowest BCUT2D eigenvalue weighted by Gasteiger charge is -2.47. The molecule has 0 aromatic carbocycles. The van der Waals surface area contributed by atoms with Crippen LogP contribution < -0.4 is 5.32 Å². The number of aromatic nitrogens is 4. The number of carboxylic acids is 1. The van der Waals surface area contributed by atoms with Gasteiger partial charge in [-0.1, -0.05) is 0 Å². The predicted molar refractivity (Wildman–Crippen MR) is 122 cm³/mol. The summed E-state index contributed by atoms with van der Waals surface area (Å²) in [4.78, 5) is 24.5. The molecular weight excluding hydrogens is 539 g/mol. The van der Waals surface area contributed by atoms with Gasteiger partial charge in [-0.05, 0) is 43.6 Å². The van der Waals surface area contributed by atoms with Gasteiger partial charge in [0.05, 0.1) is 18.3 Å². The Labute approximate surface area is 192 Å². The highest BCUT2D eigenvalue weighted by Gasteiger charge is 2.47. The summed E-state index contributed by atoms with van der Waals surface area (Å²) in [5, 5.41) is 13.4. The van der Waals surface area contributed by atoms with E-state index in [1.54, 1.807) is 10.2 Å². The van der Waals surface area contributed by atoms with Gasteiger partial charge in [-0.15, -0.1) is 0 Å². The molecule has 0 unspecified atom stereocenters. The van der Waals surface area contributed by atoms with Crippen LogP contribution in [-0.2, 0) is 4.79 Å². The van der Waals surface area contributed by atoms with Crippen molar-refractivity contribution in [1.29, 1.82) is 0 Å². The van der Waals surface area contributed by atoms with Gasteiger partial charge >= 0.3 is 5.97 Å². The van der Waals surface area contributed by atoms with Gasteiger partial charge in [0.25, 0.3) is 0 Å². The summed E-state index contributed by atoms with van der Waals surface area (Å²) in [5.41, 5.74) is 1.07. The molecule has 0 spiro atoms. The lowest BCUT2D eigenvalue weighted by Crippen LogP contribution is -2.51. The Hall–Kier alpha value is -2.02. The first kappa shape index (κ1) is 20.9. The Morgan fingerprint density at radius 1 is 1.19 bits per heavy atom. The summed E-state index contributed by atoms with van der Waals surface area (Å²) in [6.45, 7) is 0. The minimum atomic E-state index is -0.856. The molecule has 31 heavy (non-hydrogen) atoms. The molecule has 0 saturated heterocycles. The summed E-state index contributed by atoms with van der Waals surface area (Å²) in [6.07, 6.45) is 7.57. The summed E-state index contributed by atoms with van der Waals surface area (Å²) in [6, 6.07) is 0.967. The first-order valence-corrected chi connectivity index (χ1v) is 13.3. The molecule has 3 aromatic heterocycles. The van der Waals surface area contributed by atoms with Crippen molar-refractivity contribution in [2.45, 2.75) is 31.7 Å². The van der Waals surface area contributed by atoms with Gasteiger partial charge < -0.3 is 10.4 Å². The minimum Gasteiger partial charge on any atom is -0.481 e. The van der Waals surface area contributed by atoms with Crippen LogP contribution in [0.4, 0.5) is 14.6 Å². The molecule has 3 fully saturated rings. The number of fused-ring (bicyclic) bond motifs is 4. The number of rotatable bonds is 5. The second-order valence-corrected chi connectivity index (χ2v) is 9.77. The first-order valence-electron chi connectivity index (χ1n) is 9.94. The van der Waals surface area contributed by atoms with Gasteiger partial charge in [-0.3, -0.25) is 8.77 Å². The Kier molecular flexibility index (Phi) is 5.49. The average Bonchev–Trinajstić information content (AvgIpc) is 3.13. The number of halogens is 3. The van der Waals surface area contributed by atoms with E-state index in [-0.39, 0.29) is 29.5 Å². The number of carboxylic acid groups (broad SMARTS) is 1. The van der Waals surface area contributed by atoms with Crippen molar-refractivity contribution in [1.82, 2.24) is 18.9 Å². The molecular formula is C20H18F2IN5O2S. The number of carbonyl (C=O) groups is 1. The number of hydrogen-bond acceptors (Lipinski definition) is 6. The third-order valence-corrected chi connectivity index (χ3v) is 8.15. The Morgan fingerprint density at radius 2 is 1.94 bits per heavy atom. The van der Waals surface area contributed by atoms with Gasteiger partial charge in [0.1, 0.15) is 5.82 Å².